The van der Waals surface area contributed by atoms with Crippen molar-refractivity contribution in [2.24, 2.45) is 5.92 Å². The van der Waals surface area contributed by atoms with Crippen LogP contribution in [0.1, 0.15) is 37.8 Å². The Hall–Kier alpha value is -5.19. The zero-order chi connectivity index (χ0) is 41.1. The van der Waals surface area contributed by atoms with Gasteiger partial charge in [-0.1, -0.05) is 26.0 Å². The van der Waals surface area contributed by atoms with Crippen LogP contribution in [0.3, 0.4) is 0 Å². The first-order chi connectivity index (χ1) is 24.8. The number of carboxylic acids is 4. The minimum absolute atomic E-state index is 0.165. The molecule has 4 unspecified atom stereocenters. The zero-order valence-electron chi connectivity index (χ0n) is 30.6. The van der Waals surface area contributed by atoms with Gasteiger partial charge in [-0.2, -0.15) is 5.26 Å². The molecule has 5 atom stereocenters. The van der Waals surface area contributed by atoms with Gasteiger partial charge in [0.05, 0.1) is 39.9 Å². The van der Waals surface area contributed by atoms with Crippen molar-refractivity contribution in [2.75, 3.05) is 48.6 Å². The SMILES string of the molecule is COc1ccc(CCN(C)CCC[C@@](C#N)(c2ccc(OC)c(OC)c2)C(C)C)cc1OC.O=C(O)C(O)C(O)C(=O)O.O=C(O)C(O)C(O)C(=O)O. The maximum Gasteiger partial charge on any atom is 0.335 e. The molecule has 2 aromatic carbocycles. The van der Waals surface area contributed by atoms with Gasteiger partial charge in [0, 0.05) is 6.54 Å². The standard InChI is InChI=1S/C27H38N2O4.2C4H6O6/c1-20(2)27(19-28,22-10-12-24(31-5)26(18-22)33-7)14-8-15-29(3)16-13-21-9-11-23(30-4)25(17-21)32-6;2*5-1(3(7)8)2(6)4(9)10/h9-12,17-18,20H,8,13-16H2,1-7H3;2*1-2,5-6H,(H,7,8)(H,9,10)/t27-;;/m0../s1. The monoisotopic (exact) mass is 754 g/mol. The summed E-state index contributed by atoms with van der Waals surface area (Å²) >= 11 is 0. The van der Waals surface area contributed by atoms with E-state index in [2.05, 4.69) is 37.9 Å². The molecule has 8 N–H and O–H groups in total. The van der Waals surface area contributed by atoms with E-state index in [0.29, 0.717) is 11.5 Å². The summed E-state index contributed by atoms with van der Waals surface area (Å²) < 4.78 is 21.6. The molecule has 0 aromatic heterocycles. The van der Waals surface area contributed by atoms with Crippen molar-refractivity contribution in [3.63, 3.8) is 0 Å². The van der Waals surface area contributed by atoms with Crippen LogP contribution in [0.2, 0.25) is 0 Å². The molecule has 0 heterocycles. The van der Waals surface area contributed by atoms with Gasteiger partial charge in [-0.25, -0.2) is 19.2 Å². The first-order valence-corrected chi connectivity index (χ1v) is 15.9. The lowest BCUT2D eigenvalue weighted by Crippen LogP contribution is -2.39. The average molecular weight is 755 g/mol. The van der Waals surface area contributed by atoms with Crippen LogP contribution in [0.4, 0.5) is 0 Å². The van der Waals surface area contributed by atoms with E-state index in [9.17, 15) is 24.4 Å². The number of carboxylic acid groups (broad SMARTS) is 4. The number of likely N-dealkylation sites (N-methyl/N-ethyl adjacent to an activating group) is 1. The highest BCUT2D eigenvalue weighted by atomic mass is 16.5. The smallest absolute Gasteiger partial charge is 0.335 e. The van der Waals surface area contributed by atoms with E-state index in [4.69, 9.17) is 59.8 Å². The molecule has 2 rings (SSSR count). The fraction of sp³-hybridized carbons (Fsp3) is 0.514. The van der Waals surface area contributed by atoms with Crippen LogP contribution in [0, 0.1) is 17.2 Å². The number of carbonyl (C=O) groups is 4. The van der Waals surface area contributed by atoms with Gasteiger partial charge in [-0.3, -0.25) is 0 Å². The van der Waals surface area contributed by atoms with E-state index in [0.717, 1.165) is 49.4 Å². The summed E-state index contributed by atoms with van der Waals surface area (Å²) in [6, 6.07) is 14.5. The summed E-state index contributed by atoms with van der Waals surface area (Å²) in [4.78, 5) is 41.4. The Morgan fingerprint density at radius 2 is 1.08 bits per heavy atom. The molecule has 0 amide bonds. The van der Waals surface area contributed by atoms with Crippen molar-refractivity contribution in [1.82, 2.24) is 4.90 Å². The molecule has 0 saturated heterocycles. The molecule has 53 heavy (non-hydrogen) atoms. The van der Waals surface area contributed by atoms with Gasteiger partial charge in [-0.05, 0) is 74.2 Å². The number of hydrogen-bond donors (Lipinski definition) is 8. The number of aliphatic carboxylic acids is 4. The average Bonchev–Trinajstić information content (AvgIpc) is 3.14. The number of aliphatic hydroxyl groups is 4. The predicted octanol–water partition coefficient (Wildman–Crippen LogP) is 0.848. The van der Waals surface area contributed by atoms with Crippen molar-refractivity contribution >= 4 is 23.9 Å². The van der Waals surface area contributed by atoms with Crippen molar-refractivity contribution in [1.29, 1.82) is 5.26 Å². The quantitative estimate of drug-likeness (QED) is 0.0986. The summed E-state index contributed by atoms with van der Waals surface area (Å²) in [5.41, 5.74) is 1.60. The van der Waals surface area contributed by atoms with Gasteiger partial charge >= 0.3 is 23.9 Å². The summed E-state index contributed by atoms with van der Waals surface area (Å²) in [6.07, 6.45) is -6.45. The second kappa shape index (κ2) is 23.4. The van der Waals surface area contributed by atoms with E-state index in [1.807, 2.05) is 30.3 Å². The number of ether oxygens (including phenoxy) is 4. The topological polar surface area (TPSA) is 294 Å². The summed E-state index contributed by atoms with van der Waals surface area (Å²) in [7, 11) is 8.67. The van der Waals surface area contributed by atoms with Gasteiger partial charge in [0.2, 0.25) is 0 Å². The van der Waals surface area contributed by atoms with Gasteiger partial charge in [0.1, 0.15) is 0 Å². The third-order valence-corrected chi connectivity index (χ3v) is 8.04. The number of aliphatic hydroxyl groups excluding tert-OH is 4. The first kappa shape index (κ1) is 47.8. The van der Waals surface area contributed by atoms with Crippen LogP contribution >= 0.6 is 0 Å². The highest BCUT2D eigenvalue weighted by molar-refractivity contribution is 5.83. The summed E-state index contributed by atoms with van der Waals surface area (Å²) in [6.45, 7) is 6.06. The van der Waals surface area contributed by atoms with Crippen molar-refractivity contribution in [3.8, 4) is 29.1 Å². The molecular weight excluding hydrogens is 704 g/mol. The number of methoxy groups -OCH3 is 4. The Morgan fingerprint density at radius 1 is 0.679 bits per heavy atom. The molecule has 0 aliphatic carbocycles. The Balaban J connectivity index is 0.00000110. The molecule has 0 aliphatic heterocycles. The summed E-state index contributed by atoms with van der Waals surface area (Å²) in [5, 5.41) is 75.3. The predicted molar refractivity (Wildman–Crippen MR) is 186 cm³/mol. The minimum Gasteiger partial charge on any atom is -0.493 e. The van der Waals surface area contributed by atoms with Crippen LogP contribution < -0.4 is 18.9 Å². The molecule has 18 nitrogen and oxygen atoms in total. The Kier molecular flexibility index (Phi) is 21.1. The van der Waals surface area contributed by atoms with Crippen LogP contribution in [0.25, 0.3) is 0 Å². The summed E-state index contributed by atoms with van der Waals surface area (Å²) in [5.74, 6) is -4.09. The Bertz CT molecular complexity index is 1460. The highest BCUT2D eigenvalue weighted by Crippen LogP contribution is 2.40. The highest BCUT2D eigenvalue weighted by Gasteiger charge is 2.36. The lowest BCUT2D eigenvalue weighted by Gasteiger charge is -2.32. The number of hydrogen-bond acceptors (Lipinski definition) is 14. The zero-order valence-corrected chi connectivity index (χ0v) is 30.6. The fourth-order valence-corrected chi connectivity index (χ4v) is 4.77. The molecule has 18 heteroatoms. The molecular formula is C35H50N2O16. The molecule has 0 saturated carbocycles. The molecule has 0 fully saturated rings. The number of benzene rings is 2. The van der Waals surface area contributed by atoms with Crippen molar-refractivity contribution in [3.05, 3.63) is 47.5 Å². The first-order valence-electron chi connectivity index (χ1n) is 15.9. The van der Waals surface area contributed by atoms with Crippen molar-refractivity contribution < 1.29 is 79.0 Å². The number of nitrogens with zero attached hydrogens (tertiary/aromatic N) is 2. The molecule has 0 aliphatic rings. The van der Waals surface area contributed by atoms with Gasteiger partial charge < -0.3 is 64.7 Å². The molecule has 0 radical (unpaired) electrons. The molecule has 296 valence electrons. The van der Waals surface area contributed by atoms with Gasteiger partial charge in [0.25, 0.3) is 0 Å². The van der Waals surface area contributed by atoms with E-state index in [1.165, 1.54) is 5.56 Å². The van der Waals surface area contributed by atoms with E-state index in [-0.39, 0.29) is 5.92 Å². The largest absolute Gasteiger partial charge is 0.493 e. The number of nitriles is 1. The van der Waals surface area contributed by atoms with Crippen LogP contribution in [0.5, 0.6) is 23.0 Å². The molecule has 0 bridgehead atoms. The van der Waals surface area contributed by atoms with Crippen LogP contribution in [0.15, 0.2) is 36.4 Å². The Morgan fingerprint density at radius 3 is 1.43 bits per heavy atom. The van der Waals surface area contributed by atoms with E-state index < -0.39 is 53.7 Å². The lowest BCUT2D eigenvalue weighted by molar-refractivity contribution is -0.165. The lowest BCUT2D eigenvalue weighted by atomic mass is 9.69. The number of rotatable bonds is 19. The van der Waals surface area contributed by atoms with Crippen molar-refractivity contribution in [2.45, 2.75) is 62.9 Å². The molecule has 0 spiro atoms. The van der Waals surface area contributed by atoms with Gasteiger partial charge in [0.15, 0.2) is 47.4 Å². The second-order valence-corrected chi connectivity index (χ2v) is 11.8. The third-order valence-electron chi connectivity index (χ3n) is 8.04. The fourth-order valence-electron chi connectivity index (χ4n) is 4.77. The normalized spacial score (nSPS) is 14.0. The minimum atomic E-state index is -2.27. The maximum absolute atomic E-state index is 10.2. The maximum atomic E-state index is 10.2. The second-order valence-electron chi connectivity index (χ2n) is 11.8. The molecule has 2 aromatic rings. The van der Waals surface area contributed by atoms with Crippen LogP contribution in [-0.4, -0.2) is 143 Å². The van der Waals surface area contributed by atoms with Crippen LogP contribution in [-0.2, 0) is 31.0 Å². The van der Waals surface area contributed by atoms with Gasteiger partial charge in [-0.15, -0.1) is 0 Å². The van der Waals surface area contributed by atoms with E-state index >= 15 is 0 Å². The van der Waals surface area contributed by atoms with E-state index in [1.54, 1.807) is 28.4 Å². The Labute approximate surface area is 307 Å². The third kappa shape index (κ3) is 14.8.